The molecule has 22 heavy (non-hydrogen) atoms. The molecule has 0 amide bonds. The summed E-state index contributed by atoms with van der Waals surface area (Å²) in [5.74, 6) is 0. The van der Waals surface area contributed by atoms with Crippen molar-refractivity contribution in [2.24, 2.45) is 0 Å². The fraction of sp³-hybridized carbons (Fsp3) is 1.00. The van der Waals surface area contributed by atoms with Gasteiger partial charge in [0, 0.05) is 5.25 Å². The van der Waals surface area contributed by atoms with Crippen molar-refractivity contribution >= 4 is 10.1 Å². The number of rotatable bonds is 14. The van der Waals surface area contributed by atoms with Gasteiger partial charge in [0.1, 0.15) is 0 Å². The van der Waals surface area contributed by atoms with E-state index in [9.17, 15) is 18.1 Å². The Bertz CT molecular complexity index is 333. The Morgan fingerprint density at radius 1 is 0.818 bits per heavy atom. The normalized spacial score (nSPS) is 14.4. The van der Waals surface area contributed by atoms with Gasteiger partial charge in [-0.1, -0.05) is 65.2 Å². The minimum absolute atomic E-state index is 0. The predicted molar refractivity (Wildman–Crippen MR) is 86.2 cm³/mol. The fourth-order valence-corrected chi connectivity index (χ4v) is 3.43. The summed E-state index contributed by atoms with van der Waals surface area (Å²) in [5, 5.41) is 8.72. The Balaban J connectivity index is 0. The summed E-state index contributed by atoms with van der Waals surface area (Å²) in [4.78, 5) is 0. The molecule has 128 valence electrons. The summed E-state index contributed by atoms with van der Waals surface area (Å²) in [5.41, 5.74) is 0. The van der Waals surface area contributed by atoms with E-state index in [-0.39, 0.29) is 57.5 Å². The molecule has 0 aliphatic carbocycles. The molecule has 2 unspecified atom stereocenters. The van der Waals surface area contributed by atoms with Crippen LogP contribution in [0.3, 0.4) is 0 Å². The Morgan fingerprint density at radius 3 is 1.59 bits per heavy atom. The fourth-order valence-electron chi connectivity index (χ4n) is 2.57. The van der Waals surface area contributed by atoms with Crippen LogP contribution in [0.2, 0.25) is 0 Å². The minimum atomic E-state index is -4.10. The predicted octanol–water partition coefficient (Wildman–Crippen LogP) is 0.986. The van der Waals surface area contributed by atoms with Gasteiger partial charge >= 0.3 is 51.4 Å². The number of unbranched alkanes of at least 4 members (excludes halogenated alkanes) is 7. The third-order valence-electron chi connectivity index (χ3n) is 4.15. The molecule has 6 heteroatoms. The van der Waals surface area contributed by atoms with E-state index in [2.05, 4.69) is 0 Å². The van der Waals surface area contributed by atoms with Gasteiger partial charge in [0.15, 0.2) is 0 Å². The number of hydrogen-bond acceptors (Lipinski definition) is 4. The van der Waals surface area contributed by atoms with Crippen LogP contribution in [0.4, 0.5) is 0 Å². The maximum absolute atomic E-state index is 10.9. The third kappa shape index (κ3) is 15.1. The second-order valence-electron chi connectivity index (χ2n) is 5.99. The van der Waals surface area contributed by atoms with E-state index in [1.807, 2.05) is 6.92 Å². The molecule has 0 aliphatic rings. The van der Waals surface area contributed by atoms with Crippen molar-refractivity contribution in [3.8, 4) is 0 Å². The maximum atomic E-state index is 10.9. The molecular formula is C16H33KO4S. The van der Waals surface area contributed by atoms with Crippen LogP contribution >= 0.6 is 0 Å². The maximum Gasteiger partial charge on any atom is 1.00 e. The molecule has 0 saturated carbocycles. The molecule has 0 saturated heterocycles. The van der Waals surface area contributed by atoms with E-state index in [4.69, 9.17) is 0 Å². The van der Waals surface area contributed by atoms with Crippen molar-refractivity contribution < 1.29 is 69.5 Å². The molecule has 0 spiro atoms. The number of aliphatic hydroxyl groups is 1. The number of aliphatic hydroxyl groups excluding tert-OH is 1. The van der Waals surface area contributed by atoms with Crippen LogP contribution in [0, 0.1) is 0 Å². The molecule has 0 heterocycles. The zero-order valence-corrected chi connectivity index (χ0v) is 18.7. The molecular weight excluding hydrogens is 327 g/mol. The van der Waals surface area contributed by atoms with Gasteiger partial charge < -0.3 is 9.66 Å². The van der Waals surface area contributed by atoms with Gasteiger partial charge in [0.25, 0.3) is 0 Å². The van der Waals surface area contributed by atoms with Crippen LogP contribution < -0.4 is 51.4 Å². The smallest absolute Gasteiger partial charge is 0.748 e. The van der Waals surface area contributed by atoms with Crippen molar-refractivity contribution in [3.05, 3.63) is 0 Å². The average molecular weight is 361 g/mol. The Morgan fingerprint density at radius 2 is 1.23 bits per heavy atom. The van der Waals surface area contributed by atoms with E-state index in [0.29, 0.717) is 12.8 Å². The van der Waals surface area contributed by atoms with Gasteiger partial charge in [-0.15, -0.1) is 0 Å². The van der Waals surface area contributed by atoms with Crippen LogP contribution in [0.25, 0.3) is 0 Å². The Hall–Kier alpha value is 1.51. The first kappa shape index (κ1) is 25.7. The van der Waals surface area contributed by atoms with Crippen LogP contribution in [0.15, 0.2) is 0 Å². The molecule has 0 radical (unpaired) electrons. The van der Waals surface area contributed by atoms with Crippen LogP contribution in [-0.2, 0) is 10.1 Å². The summed E-state index contributed by atoms with van der Waals surface area (Å²) in [6.45, 7) is 3.77. The zero-order valence-electron chi connectivity index (χ0n) is 14.7. The largest absolute Gasteiger partial charge is 1.00 e. The molecule has 2 atom stereocenters. The monoisotopic (exact) mass is 360 g/mol. The van der Waals surface area contributed by atoms with E-state index >= 15 is 0 Å². The molecule has 0 aromatic carbocycles. The second kappa shape index (κ2) is 16.0. The Kier molecular flexibility index (Phi) is 18.7. The van der Waals surface area contributed by atoms with Crippen LogP contribution in [-0.4, -0.2) is 29.4 Å². The second-order valence-corrected chi connectivity index (χ2v) is 7.64. The van der Waals surface area contributed by atoms with Crippen molar-refractivity contribution in [3.63, 3.8) is 0 Å². The van der Waals surface area contributed by atoms with Gasteiger partial charge in [0.05, 0.1) is 16.2 Å². The topological polar surface area (TPSA) is 77.4 Å². The average Bonchev–Trinajstić information content (AvgIpc) is 2.43. The number of hydrogen-bond donors (Lipinski definition) is 1. The van der Waals surface area contributed by atoms with Gasteiger partial charge in [-0.05, 0) is 25.7 Å². The summed E-state index contributed by atoms with van der Waals surface area (Å²) >= 11 is 0. The first-order valence-electron chi connectivity index (χ1n) is 8.54. The van der Waals surface area contributed by atoms with E-state index in [1.54, 1.807) is 6.92 Å². The molecule has 0 aromatic rings. The van der Waals surface area contributed by atoms with Crippen molar-refractivity contribution in [2.75, 3.05) is 0 Å². The molecule has 4 nitrogen and oxygen atoms in total. The van der Waals surface area contributed by atoms with Crippen molar-refractivity contribution in [1.82, 2.24) is 0 Å². The van der Waals surface area contributed by atoms with Gasteiger partial charge in [-0.2, -0.15) is 0 Å². The molecule has 0 bridgehead atoms. The summed E-state index contributed by atoms with van der Waals surface area (Å²) in [6, 6.07) is 0. The molecule has 0 aliphatic heterocycles. The molecule has 0 aromatic heterocycles. The first-order chi connectivity index (χ1) is 9.91. The minimum Gasteiger partial charge on any atom is -0.748 e. The van der Waals surface area contributed by atoms with E-state index in [0.717, 1.165) is 38.5 Å². The van der Waals surface area contributed by atoms with Gasteiger partial charge in [0.2, 0.25) is 0 Å². The molecule has 0 rings (SSSR count). The first-order valence-corrected chi connectivity index (χ1v) is 10.0. The molecule has 0 fully saturated rings. The van der Waals surface area contributed by atoms with Crippen LogP contribution in [0.1, 0.15) is 90.9 Å². The standard InChI is InChI=1S/C16H34O4S.K/c1-3-15(17)13-11-9-7-5-6-8-10-12-14-16(4-2)21(18,19)20;/h15-17H,3-14H2,1-2H3,(H,18,19,20);/q;+1/p-1. The summed E-state index contributed by atoms with van der Waals surface area (Å²) in [7, 11) is -4.10. The van der Waals surface area contributed by atoms with E-state index in [1.165, 1.54) is 25.7 Å². The van der Waals surface area contributed by atoms with E-state index < -0.39 is 15.4 Å². The summed E-state index contributed by atoms with van der Waals surface area (Å²) in [6.07, 6.45) is 11.4. The quantitative estimate of drug-likeness (QED) is 0.285. The van der Waals surface area contributed by atoms with Crippen molar-refractivity contribution in [2.45, 2.75) is 102 Å². The SMILES string of the molecule is CCC(O)CCCCCCCCCCC(CC)S(=O)(=O)[O-].[K+]. The summed E-state index contributed by atoms with van der Waals surface area (Å²) < 4.78 is 32.8. The zero-order chi connectivity index (χ0) is 16.1. The molecule has 1 N–H and O–H groups in total. The third-order valence-corrected chi connectivity index (χ3v) is 5.53. The Labute approximate surface area is 180 Å². The van der Waals surface area contributed by atoms with Crippen LogP contribution in [0.5, 0.6) is 0 Å². The van der Waals surface area contributed by atoms with Crippen molar-refractivity contribution in [1.29, 1.82) is 0 Å². The van der Waals surface area contributed by atoms with Gasteiger partial charge in [-0.25, -0.2) is 8.42 Å². The van der Waals surface area contributed by atoms with Gasteiger partial charge in [-0.3, -0.25) is 0 Å².